The van der Waals surface area contributed by atoms with E-state index in [0.717, 1.165) is 12.1 Å². The molecule has 0 aliphatic heterocycles. The summed E-state index contributed by atoms with van der Waals surface area (Å²) in [5, 5.41) is 0. The lowest BCUT2D eigenvalue weighted by molar-refractivity contribution is 0.533. The Bertz CT molecular complexity index is 511. The summed E-state index contributed by atoms with van der Waals surface area (Å²) in [5.41, 5.74) is 5.83. The number of hydrogen-bond acceptors (Lipinski definition) is 3. The topological polar surface area (TPSA) is 50.9 Å². The molecule has 4 heteroatoms. The van der Waals surface area contributed by atoms with Crippen LogP contribution in [0.1, 0.15) is 22.9 Å². The van der Waals surface area contributed by atoms with Crippen LogP contribution in [0.5, 0.6) is 0 Å². The fourth-order valence-electron chi connectivity index (χ4n) is 1.92. The minimum atomic E-state index is -0.343. The van der Waals surface area contributed by atoms with E-state index < -0.39 is 0 Å². The lowest BCUT2D eigenvalue weighted by atomic mass is 10.0. The molecule has 1 atom stereocenters. The van der Waals surface area contributed by atoms with Crippen LogP contribution in [0.4, 0.5) is 4.39 Å². The standard InChI is InChI=1S/C14H16FN3/c1-10-3-2-4-11(7-10)8-14(18-16)13-6-5-12(15)9-17-13/h2-7,9,14,18H,8,16H2,1H3. The molecule has 2 aromatic rings. The second-order valence-corrected chi connectivity index (χ2v) is 4.31. The number of rotatable bonds is 4. The summed E-state index contributed by atoms with van der Waals surface area (Å²) >= 11 is 0. The molecule has 1 heterocycles. The molecule has 3 N–H and O–H groups in total. The maximum atomic E-state index is 12.8. The van der Waals surface area contributed by atoms with E-state index in [1.165, 1.54) is 23.4 Å². The van der Waals surface area contributed by atoms with Crippen LogP contribution in [-0.2, 0) is 6.42 Å². The maximum Gasteiger partial charge on any atom is 0.141 e. The highest BCUT2D eigenvalue weighted by atomic mass is 19.1. The molecule has 0 saturated heterocycles. The molecule has 0 spiro atoms. The van der Waals surface area contributed by atoms with Crippen molar-refractivity contribution in [2.75, 3.05) is 0 Å². The summed E-state index contributed by atoms with van der Waals surface area (Å²) in [7, 11) is 0. The summed E-state index contributed by atoms with van der Waals surface area (Å²) in [6.07, 6.45) is 1.92. The third-order valence-electron chi connectivity index (χ3n) is 2.83. The normalized spacial score (nSPS) is 12.4. The summed E-state index contributed by atoms with van der Waals surface area (Å²) < 4.78 is 12.8. The van der Waals surface area contributed by atoms with Gasteiger partial charge in [0.25, 0.3) is 0 Å². The number of benzene rings is 1. The molecule has 18 heavy (non-hydrogen) atoms. The molecular weight excluding hydrogens is 229 g/mol. The van der Waals surface area contributed by atoms with Gasteiger partial charge in [-0.05, 0) is 31.0 Å². The zero-order valence-electron chi connectivity index (χ0n) is 10.2. The zero-order valence-corrected chi connectivity index (χ0v) is 10.2. The van der Waals surface area contributed by atoms with Crippen molar-refractivity contribution in [3.63, 3.8) is 0 Å². The number of hydrogen-bond donors (Lipinski definition) is 2. The van der Waals surface area contributed by atoms with Crippen molar-refractivity contribution >= 4 is 0 Å². The number of aromatic nitrogens is 1. The highest BCUT2D eigenvalue weighted by Crippen LogP contribution is 2.16. The Balaban J connectivity index is 2.17. The molecule has 0 fully saturated rings. The van der Waals surface area contributed by atoms with Gasteiger partial charge in [0.05, 0.1) is 17.9 Å². The van der Waals surface area contributed by atoms with Gasteiger partial charge in [-0.15, -0.1) is 0 Å². The Kier molecular flexibility index (Phi) is 4.02. The Hall–Kier alpha value is -1.78. The minimum absolute atomic E-state index is 0.118. The average molecular weight is 245 g/mol. The van der Waals surface area contributed by atoms with Gasteiger partial charge in [0.15, 0.2) is 0 Å². The monoisotopic (exact) mass is 245 g/mol. The molecule has 1 unspecified atom stereocenters. The largest absolute Gasteiger partial charge is 0.271 e. The van der Waals surface area contributed by atoms with E-state index in [1.54, 1.807) is 6.07 Å². The van der Waals surface area contributed by atoms with Gasteiger partial charge in [0.2, 0.25) is 0 Å². The number of nitrogens with two attached hydrogens (primary N) is 1. The first-order chi connectivity index (χ1) is 8.69. The Labute approximate surface area is 106 Å². The van der Waals surface area contributed by atoms with Gasteiger partial charge in [-0.1, -0.05) is 29.8 Å². The van der Waals surface area contributed by atoms with Gasteiger partial charge in [-0.3, -0.25) is 16.3 Å². The Morgan fingerprint density at radius 3 is 2.78 bits per heavy atom. The van der Waals surface area contributed by atoms with Gasteiger partial charge in [0, 0.05) is 0 Å². The van der Waals surface area contributed by atoms with Gasteiger partial charge in [-0.2, -0.15) is 0 Å². The van der Waals surface area contributed by atoms with Crippen LogP contribution in [0.2, 0.25) is 0 Å². The van der Waals surface area contributed by atoms with Crippen LogP contribution in [0.25, 0.3) is 0 Å². The molecule has 0 bridgehead atoms. The van der Waals surface area contributed by atoms with Crippen LogP contribution in [0.15, 0.2) is 42.6 Å². The van der Waals surface area contributed by atoms with Crippen LogP contribution in [0, 0.1) is 12.7 Å². The number of nitrogens with zero attached hydrogens (tertiary/aromatic N) is 1. The van der Waals surface area contributed by atoms with E-state index in [1.807, 2.05) is 25.1 Å². The molecule has 3 nitrogen and oxygen atoms in total. The van der Waals surface area contributed by atoms with E-state index in [4.69, 9.17) is 5.84 Å². The van der Waals surface area contributed by atoms with Gasteiger partial charge >= 0.3 is 0 Å². The SMILES string of the molecule is Cc1cccc(CC(NN)c2ccc(F)cn2)c1. The second-order valence-electron chi connectivity index (χ2n) is 4.31. The quantitative estimate of drug-likeness (QED) is 0.642. The van der Waals surface area contributed by atoms with Crippen molar-refractivity contribution < 1.29 is 4.39 Å². The fourth-order valence-corrected chi connectivity index (χ4v) is 1.92. The van der Waals surface area contributed by atoms with Gasteiger partial charge < -0.3 is 0 Å². The zero-order chi connectivity index (χ0) is 13.0. The smallest absolute Gasteiger partial charge is 0.141 e. The van der Waals surface area contributed by atoms with Crippen molar-refractivity contribution in [3.05, 3.63) is 65.2 Å². The molecule has 94 valence electrons. The molecule has 1 aromatic heterocycles. The Morgan fingerprint density at radius 1 is 1.33 bits per heavy atom. The lowest BCUT2D eigenvalue weighted by Gasteiger charge is -2.15. The molecule has 0 aliphatic rings. The first-order valence-electron chi connectivity index (χ1n) is 5.82. The Morgan fingerprint density at radius 2 is 2.17 bits per heavy atom. The first-order valence-corrected chi connectivity index (χ1v) is 5.82. The third kappa shape index (κ3) is 3.12. The van der Waals surface area contributed by atoms with E-state index in [9.17, 15) is 4.39 Å². The molecule has 0 saturated carbocycles. The average Bonchev–Trinajstić information content (AvgIpc) is 2.37. The summed E-state index contributed by atoms with van der Waals surface area (Å²) in [6, 6.07) is 11.1. The van der Waals surface area contributed by atoms with Gasteiger partial charge in [-0.25, -0.2) is 4.39 Å². The highest BCUT2D eigenvalue weighted by Gasteiger charge is 2.12. The number of aryl methyl sites for hydroxylation is 1. The molecule has 0 radical (unpaired) electrons. The minimum Gasteiger partial charge on any atom is -0.271 e. The van der Waals surface area contributed by atoms with Crippen molar-refractivity contribution in [2.45, 2.75) is 19.4 Å². The molecule has 1 aromatic carbocycles. The van der Waals surface area contributed by atoms with E-state index in [-0.39, 0.29) is 11.9 Å². The fraction of sp³-hybridized carbons (Fsp3) is 0.214. The highest BCUT2D eigenvalue weighted by molar-refractivity contribution is 5.24. The van der Waals surface area contributed by atoms with E-state index in [2.05, 4.69) is 16.5 Å². The number of nitrogens with one attached hydrogen (secondary N) is 1. The second kappa shape index (κ2) is 5.71. The molecule has 2 rings (SSSR count). The summed E-state index contributed by atoms with van der Waals surface area (Å²) in [5.74, 6) is 5.20. The van der Waals surface area contributed by atoms with Crippen molar-refractivity contribution in [1.82, 2.24) is 10.4 Å². The van der Waals surface area contributed by atoms with Crippen molar-refractivity contribution in [3.8, 4) is 0 Å². The van der Waals surface area contributed by atoms with Crippen molar-refractivity contribution in [2.24, 2.45) is 5.84 Å². The number of pyridine rings is 1. The van der Waals surface area contributed by atoms with Crippen molar-refractivity contribution in [1.29, 1.82) is 0 Å². The summed E-state index contributed by atoms with van der Waals surface area (Å²) in [6.45, 7) is 2.05. The van der Waals surface area contributed by atoms with Crippen LogP contribution < -0.4 is 11.3 Å². The molecule has 0 aliphatic carbocycles. The summed E-state index contributed by atoms with van der Waals surface area (Å²) in [4.78, 5) is 4.05. The predicted molar refractivity (Wildman–Crippen MR) is 69.1 cm³/mol. The van der Waals surface area contributed by atoms with Crippen LogP contribution in [0.3, 0.4) is 0 Å². The number of halogens is 1. The predicted octanol–water partition coefficient (Wildman–Crippen LogP) is 2.28. The van der Waals surface area contributed by atoms with Crippen LogP contribution >= 0.6 is 0 Å². The maximum absolute atomic E-state index is 12.8. The van der Waals surface area contributed by atoms with E-state index >= 15 is 0 Å². The third-order valence-corrected chi connectivity index (χ3v) is 2.83. The number of hydrazine groups is 1. The molecular formula is C14H16FN3. The van der Waals surface area contributed by atoms with Crippen LogP contribution in [-0.4, -0.2) is 4.98 Å². The van der Waals surface area contributed by atoms with E-state index in [0.29, 0.717) is 0 Å². The lowest BCUT2D eigenvalue weighted by Crippen LogP contribution is -2.30. The molecule has 0 amide bonds. The van der Waals surface area contributed by atoms with Gasteiger partial charge in [0.1, 0.15) is 5.82 Å². The first kappa shape index (κ1) is 12.7.